The number of fused-ring (bicyclic) bond motifs is 2. The van der Waals surface area contributed by atoms with E-state index in [-0.39, 0.29) is 23.6 Å². The number of carbonyl (C=O) groups is 1. The highest BCUT2D eigenvalue weighted by Gasteiger charge is 2.24. The van der Waals surface area contributed by atoms with E-state index >= 15 is 0 Å². The molecule has 1 aliphatic heterocycles. The number of imidazole rings is 1. The molecule has 1 saturated heterocycles. The van der Waals surface area contributed by atoms with E-state index < -0.39 is 11.2 Å². The molecular weight excluding hydrogens is 506 g/mol. The number of aryl methyl sites for hydroxylation is 2. The van der Waals surface area contributed by atoms with E-state index in [4.69, 9.17) is 21.3 Å². The van der Waals surface area contributed by atoms with E-state index in [0.717, 1.165) is 33.4 Å². The number of anilines is 1. The average Bonchev–Trinajstić information content (AvgIpc) is 3.50. The van der Waals surface area contributed by atoms with Crippen molar-refractivity contribution in [2.45, 2.75) is 13.5 Å². The van der Waals surface area contributed by atoms with Crippen LogP contribution in [-0.2, 0) is 30.2 Å². The van der Waals surface area contributed by atoms with Crippen LogP contribution in [0.5, 0.6) is 0 Å². The lowest BCUT2D eigenvalue weighted by molar-refractivity contribution is -0.119. The van der Waals surface area contributed by atoms with Gasteiger partial charge >= 0.3 is 5.69 Å². The number of ether oxygens (including phenoxy) is 1. The molecular formula is C23H26ClN7O4S. The lowest BCUT2D eigenvalue weighted by Gasteiger charge is -2.29. The predicted octanol–water partition coefficient (Wildman–Crippen LogP) is 1.37. The molecule has 5 rings (SSSR count). The van der Waals surface area contributed by atoms with Crippen LogP contribution in [-0.4, -0.2) is 73.9 Å². The molecule has 3 aromatic heterocycles. The second-order valence-electron chi connectivity index (χ2n) is 8.79. The number of benzene rings is 1. The number of carbonyl (C=O) groups excluding carboxylic acids is 1. The van der Waals surface area contributed by atoms with Crippen molar-refractivity contribution < 1.29 is 9.53 Å². The van der Waals surface area contributed by atoms with Gasteiger partial charge in [0.15, 0.2) is 16.3 Å². The molecule has 1 fully saturated rings. The molecule has 1 amide bonds. The van der Waals surface area contributed by atoms with Gasteiger partial charge in [0.05, 0.1) is 34.8 Å². The maximum atomic E-state index is 13.7. The Morgan fingerprint density at radius 1 is 1.19 bits per heavy atom. The highest BCUT2D eigenvalue weighted by Crippen LogP contribution is 2.35. The zero-order valence-corrected chi connectivity index (χ0v) is 21.8. The minimum absolute atomic E-state index is 0.129. The molecule has 1 aliphatic rings. The van der Waals surface area contributed by atoms with Crippen molar-refractivity contribution in [2.75, 3.05) is 44.3 Å². The van der Waals surface area contributed by atoms with Crippen molar-refractivity contribution in [3.05, 3.63) is 49.9 Å². The quantitative estimate of drug-likeness (QED) is 0.370. The Balaban J connectivity index is 1.51. The van der Waals surface area contributed by atoms with Gasteiger partial charge in [0.2, 0.25) is 5.91 Å². The molecule has 0 spiro atoms. The van der Waals surface area contributed by atoms with Crippen molar-refractivity contribution in [3.8, 4) is 0 Å². The lowest BCUT2D eigenvalue weighted by atomic mass is 10.2. The SMILES string of the molecule is Cc1ccc(Cl)c2sc(N(CCN3CCOCC3)C(=O)Cn3cnc4c3c(=O)n(C)c(=O)n4C)nc12. The standard InChI is InChI=1S/C23H26ClN7O4S/c1-14-4-5-15(24)19-17(14)26-22(36-19)31(7-6-29-8-10-35-11-9-29)16(32)12-30-13-25-20-18(30)21(33)28(3)23(34)27(20)2/h4-5,13H,6-12H2,1-3H3. The maximum absolute atomic E-state index is 13.7. The minimum atomic E-state index is -0.499. The third kappa shape index (κ3) is 4.34. The normalized spacial score (nSPS) is 14.7. The summed E-state index contributed by atoms with van der Waals surface area (Å²) in [4.78, 5) is 51.7. The first-order chi connectivity index (χ1) is 17.3. The van der Waals surface area contributed by atoms with E-state index in [9.17, 15) is 14.4 Å². The fourth-order valence-corrected chi connectivity index (χ4v) is 5.71. The lowest BCUT2D eigenvalue weighted by Crippen LogP contribution is -2.44. The first-order valence-electron chi connectivity index (χ1n) is 11.5. The molecule has 4 aromatic rings. The molecule has 13 heteroatoms. The van der Waals surface area contributed by atoms with Crippen molar-refractivity contribution in [3.63, 3.8) is 0 Å². The Kier molecular flexibility index (Phi) is 6.68. The van der Waals surface area contributed by atoms with Gasteiger partial charge in [-0.15, -0.1) is 0 Å². The van der Waals surface area contributed by atoms with Gasteiger partial charge in [-0.2, -0.15) is 0 Å². The van der Waals surface area contributed by atoms with E-state index in [1.54, 1.807) is 11.9 Å². The van der Waals surface area contributed by atoms with Gasteiger partial charge in [-0.25, -0.2) is 14.8 Å². The molecule has 1 aromatic carbocycles. The molecule has 0 unspecified atom stereocenters. The van der Waals surface area contributed by atoms with Crippen LogP contribution in [0.1, 0.15) is 5.56 Å². The third-order valence-electron chi connectivity index (χ3n) is 6.48. The number of amides is 1. The van der Waals surface area contributed by atoms with Crippen LogP contribution in [0, 0.1) is 6.92 Å². The summed E-state index contributed by atoms with van der Waals surface area (Å²) in [5.74, 6) is -0.244. The zero-order chi connectivity index (χ0) is 25.6. The smallest absolute Gasteiger partial charge is 0.332 e. The predicted molar refractivity (Wildman–Crippen MR) is 139 cm³/mol. The van der Waals surface area contributed by atoms with Crippen molar-refractivity contribution in [1.29, 1.82) is 0 Å². The summed E-state index contributed by atoms with van der Waals surface area (Å²) in [7, 11) is 2.95. The first kappa shape index (κ1) is 24.6. The van der Waals surface area contributed by atoms with Crippen molar-refractivity contribution in [2.24, 2.45) is 14.1 Å². The monoisotopic (exact) mass is 531 g/mol. The summed E-state index contributed by atoms with van der Waals surface area (Å²) in [5, 5.41) is 1.13. The van der Waals surface area contributed by atoms with Gasteiger partial charge in [0.1, 0.15) is 6.54 Å². The molecule has 0 bridgehead atoms. The Hall–Kier alpha value is -3.06. The Labute approximate surface area is 215 Å². The number of hydrogen-bond donors (Lipinski definition) is 0. The van der Waals surface area contributed by atoms with E-state index in [1.807, 2.05) is 19.1 Å². The van der Waals surface area contributed by atoms with Crippen LogP contribution in [0.25, 0.3) is 21.4 Å². The van der Waals surface area contributed by atoms with Crippen LogP contribution in [0.2, 0.25) is 5.02 Å². The number of nitrogens with zero attached hydrogens (tertiary/aromatic N) is 7. The van der Waals surface area contributed by atoms with Gasteiger partial charge in [-0.1, -0.05) is 29.0 Å². The maximum Gasteiger partial charge on any atom is 0.332 e. The first-order valence-corrected chi connectivity index (χ1v) is 12.7. The largest absolute Gasteiger partial charge is 0.379 e. The van der Waals surface area contributed by atoms with Gasteiger partial charge in [0, 0.05) is 40.3 Å². The molecule has 0 saturated carbocycles. The fourth-order valence-electron chi connectivity index (χ4n) is 4.35. The number of halogens is 1. The summed E-state index contributed by atoms with van der Waals surface area (Å²) in [5.41, 5.74) is 1.20. The topological polar surface area (TPSA) is 107 Å². The molecule has 0 N–H and O–H groups in total. The van der Waals surface area contributed by atoms with E-state index in [2.05, 4.69) is 9.88 Å². The van der Waals surface area contributed by atoms with Gasteiger partial charge in [0.25, 0.3) is 5.56 Å². The molecule has 11 nitrogen and oxygen atoms in total. The summed E-state index contributed by atoms with van der Waals surface area (Å²) in [6, 6.07) is 3.74. The van der Waals surface area contributed by atoms with Crippen LogP contribution in [0.4, 0.5) is 5.13 Å². The third-order valence-corrected chi connectivity index (χ3v) is 8.02. The van der Waals surface area contributed by atoms with E-state index in [1.165, 1.54) is 33.8 Å². The molecule has 36 heavy (non-hydrogen) atoms. The van der Waals surface area contributed by atoms with E-state index in [0.29, 0.717) is 36.5 Å². The van der Waals surface area contributed by atoms with Crippen LogP contribution < -0.4 is 16.1 Å². The summed E-state index contributed by atoms with van der Waals surface area (Å²) >= 11 is 7.80. The van der Waals surface area contributed by atoms with Crippen LogP contribution >= 0.6 is 22.9 Å². The highest BCUT2D eigenvalue weighted by atomic mass is 35.5. The van der Waals surface area contributed by atoms with Crippen molar-refractivity contribution >= 4 is 55.4 Å². The van der Waals surface area contributed by atoms with Crippen LogP contribution in [0.15, 0.2) is 28.0 Å². The summed E-state index contributed by atoms with van der Waals surface area (Å²) < 4.78 is 10.1. The van der Waals surface area contributed by atoms with Gasteiger partial charge in [-0.05, 0) is 18.6 Å². The fraction of sp³-hybridized carbons (Fsp3) is 0.435. The second-order valence-corrected chi connectivity index (χ2v) is 10.2. The Morgan fingerprint density at radius 2 is 1.94 bits per heavy atom. The number of rotatable bonds is 6. The summed E-state index contributed by atoms with van der Waals surface area (Å²) in [6.07, 6.45) is 1.42. The number of hydrogen-bond acceptors (Lipinski definition) is 8. The number of thiazole rings is 1. The molecule has 0 aliphatic carbocycles. The number of morpholine rings is 1. The van der Waals surface area contributed by atoms with Gasteiger partial charge in [-0.3, -0.25) is 28.5 Å². The minimum Gasteiger partial charge on any atom is -0.379 e. The highest BCUT2D eigenvalue weighted by molar-refractivity contribution is 7.23. The molecule has 0 atom stereocenters. The van der Waals surface area contributed by atoms with Crippen molar-refractivity contribution in [1.82, 2.24) is 28.6 Å². The molecule has 190 valence electrons. The zero-order valence-electron chi connectivity index (χ0n) is 20.2. The Morgan fingerprint density at radius 3 is 2.67 bits per heavy atom. The average molecular weight is 532 g/mol. The van der Waals surface area contributed by atoms with Crippen LogP contribution in [0.3, 0.4) is 0 Å². The van der Waals surface area contributed by atoms with Gasteiger partial charge < -0.3 is 9.30 Å². The Bertz CT molecular complexity index is 1540. The number of aromatic nitrogens is 5. The molecule has 4 heterocycles. The summed E-state index contributed by atoms with van der Waals surface area (Å²) in [6.45, 7) is 5.80. The molecule has 0 radical (unpaired) electrons. The second kappa shape index (κ2) is 9.77.